The lowest BCUT2D eigenvalue weighted by molar-refractivity contribution is -0.127. The molecule has 0 aromatic heterocycles. The smallest absolute Gasteiger partial charge is 0.246 e. The zero-order valence-electron chi connectivity index (χ0n) is 17.3. The lowest BCUT2D eigenvalue weighted by Gasteiger charge is -2.30. The van der Waals surface area contributed by atoms with E-state index in [1.165, 1.54) is 6.08 Å². The number of ketones is 1. The van der Waals surface area contributed by atoms with Crippen LogP contribution in [0.25, 0.3) is 6.08 Å². The molecule has 0 aliphatic carbocycles. The second-order valence-corrected chi connectivity index (χ2v) is 7.54. The van der Waals surface area contributed by atoms with Crippen molar-refractivity contribution in [3.63, 3.8) is 0 Å². The maximum atomic E-state index is 12.6. The third-order valence-corrected chi connectivity index (χ3v) is 5.48. The van der Waals surface area contributed by atoms with Crippen molar-refractivity contribution in [2.24, 2.45) is 5.92 Å². The number of likely N-dealkylation sites (tertiary alicyclic amines) is 1. The minimum absolute atomic E-state index is 0.0328. The number of benzene rings is 2. The molecule has 5 nitrogen and oxygen atoms in total. The molecule has 1 aliphatic rings. The van der Waals surface area contributed by atoms with Gasteiger partial charge in [0.1, 0.15) is 0 Å². The van der Waals surface area contributed by atoms with Gasteiger partial charge in [0.2, 0.25) is 5.91 Å². The summed E-state index contributed by atoms with van der Waals surface area (Å²) >= 11 is 6.29. The minimum atomic E-state index is -0.0791. The monoisotopic (exact) mass is 427 g/mol. The Kier molecular flexibility index (Phi) is 7.52. The summed E-state index contributed by atoms with van der Waals surface area (Å²) in [5.74, 6) is 1.07. The van der Waals surface area contributed by atoms with Gasteiger partial charge in [0.15, 0.2) is 17.3 Å². The van der Waals surface area contributed by atoms with E-state index < -0.39 is 0 Å². The van der Waals surface area contributed by atoms with Crippen LogP contribution in [0, 0.1) is 5.92 Å². The highest BCUT2D eigenvalue weighted by molar-refractivity contribution is 6.32. The Balaban J connectivity index is 1.60. The Morgan fingerprint density at radius 1 is 1.17 bits per heavy atom. The predicted molar refractivity (Wildman–Crippen MR) is 118 cm³/mol. The van der Waals surface area contributed by atoms with Crippen molar-refractivity contribution < 1.29 is 19.1 Å². The summed E-state index contributed by atoms with van der Waals surface area (Å²) in [6.07, 6.45) is 4.60. The summed E-state index contributed by atoms with van der Waals surface area (Å²) in [7, 11) is 1.55. The summed E-state index contributed by atoms with van der Waals surface area (Å²) in [4.78, 5) is 27.0. The van der Waals surface area contributed by atoms with Crippen LogP contribution in [0.1, 0.15) is 35.7 Å². The number of rotatable bonds is 7. The molecule has 1 saturated heterocycles. The van der Waals surface area contributed by atoms with Crippen molar-refractivity contribution in [1.29, 1.82) is 0 Å². The van der Waals surface area contributed by atoms with E-state index in [2.05, 4.69) is 0 Å². The Morgan fingerprint density at radius 3 is 2.50 bits per heavy atom. The summed E-state index contributed by atoms with van der Waals surface area (Å²) < 4.78 is 10.9. The topological polar surface area (TPSA) is 55.8 Å². The van der Waals surface area contributed by atoms with Crippen molar-refractivity contribution in [3.05, 3.63) is 64.7 Å². The summed E-state index contributed by atoms with van der Waals surface area (Å²) in [6, 6.07) is 12.9. The Labute approximate surface area is 182 Å². The quantitative estimate of drug-likeness (QED) is 0.466. The average molecular weight is 428 g/mol. The van der Waals surface area contributed by atoms with E-state index in [1.54, 1.807) is 30.2 Å². The standard InChI is InChI=1S/C24H26ClNO4/c1-3-30-24-20(25)15-17(16-21(24)29-2)9-10-22(27)26-13-11-19(12-14-26)23(28)18-7-5-4-6-8-18/h4-10,15-16,19H,3,11-14H2,1-2H3/b10-9+. The molecular formula is C24H26ClNO4. The molecule has 1 heterocycles. The molecule has 0 spiro atoms. The molecule has 158 valence electrons. The molecule has 0 unspecified atom stereocenters. The van der Waals surface area contributed by atoms with Crippen LogP contribution in [0.2, 0.25) is 5.02 Å². The van der Waals surface area contributed by atoms with Crippen LogP contribution < -0.4 is 9.47 Å². The number of Topliss-reactive ketones (excluding diaryl/α,β-unsaturated/α-hetero) is 1. The van der Waals surface area contributed by atoms with Crippen molar-refractivity contribution in [1.82, 2.24) is 4.90 Å². The molecule has 6 heteroatoms. The summed E-state index contributed by atoms with van der Waals surface area (Å²) in [5, 5.41) is 0.434. The van der Waals surface area contributed by atoms with Gasteiger partial charge in [-0.2, -0.15) is 0 Å². The second kappa shape index (κ2) is 10.3. The van der Waals surface area contributed by atoms with Crippen LogP contribution in [0.4, 0.5) is 0 Å². The van der Waals surface area contributed by atoms with Crippen molar-refractivity contribution >= 4 is 29.4 Å². The zero-order valence-corrected chi connectivity index (χ0v) is 18.0. The number of hydrogen-bond acceptors (Lipinski definition) is 4. The fourth-order valence-corrected chi connectivity index (χ4v) is 3.87. The SMILES string of the molecule is CCOc1c(Cl)cc(/C=C/C(=O)N2CCC(C(=O)c3ccccc3)CC2)cc1OC. The van der Waals surface area contributed by atoms with Crippen LogP contribution in [0.3, 0.4) is 0 Å². The van der Waals surface area contributed by atoms with E-state index >= 15 is 0 Å². The third kappa shape index (κ3) is 5.22. The minimum Gasteiger partial charge on any atom is -0.493 e. The van der Waals surface area contributed by atoms with E-state index in [1.807, 2.05) is 37.3 Å². The van der Waals surface area contributed by atoms with Crippen LogP contribution >= 0.6 is 11.6 Å². The molecule has 0 bridgehead atoms. The first-order valence-electron chi connectivity index (χ1n) is 10.1. The normalized spacial score (nSPS) is 14.7. The van der Waals surface area contributed by atoms with Gasteiger partial charge in [-0.3, -0.25) is 9.59 Å². The molecule has 0 saturated carbocycles. The van der Waals surface area contributed by atoms with Crippen molar-refractivity contribution in [3.8, 4) is 11.5 Å². The van der Waals surface area contributed by atoms with Gasteiger partial charge in [0.25, 0.3) is 0 Å². The van der Waals surface area contributed by atoms with Gasteiger partial charge in [-0.1, -0.05) is 41.9 Å². The van der Waals surface area contributed by atoms with Crippen LogP contribution in [-0.4, -0.2) is 43.4 Å². The average Bonchev–Trinajstić information content (AvgIpc) is 2.79. The molecule has 1 amide bonds. The van der Waals surface area contributed by atoms with Gasteiger partial charge in [-0.15, -0.1) is 0 Å². The Bertz CT molecular complexity index is 918. The third-order valence-electron chi connectivity index (χ3n) is 5.19. The first-order valence-corrected chi connectivity index (χ1v) is 10.5. The van der Waals surface area contributed by atoms with E-state index in [0.717, 1.165) is 11.1 Å². The molecular weight excluding hydrogens is 402 g/mol. The summed E-state index contributed by atoms with van der Waals surface area (Å²) in [5.41, 5.74) is 1.49. The van der Waals surface area contributed by atoms with Gasteiger partial charge in [-0.05, 0) is 43.5 Å². The number of nitrogens with zero attached hydrogens (tertiary/aromatic N) is 1. The van der Waals surface area contributed by atoms with Gasteiger partial charge < -0.3 is 14.4 Å². The maximum Gasteiger partial charge on any atom is 0.246 e. The predicted octanol–water partition coefficient (Wildman–Crippen LogP) is 4.88. The number of halogens is 1. The molecule has 0 atom stereocenters. The number of methoxy groups -OCH3 is 1. The van der Waals surface area contributed by atoms with Crippen LogP contribution in [-0.2, 0) is 4.79 Å². The molecule has 3 rings (SSSR count). The molecule has 2 aromatic carbocycles. The zero-order chi connectivity index (χ0) is 21.5. The van der Waals surface area contributed by atoms with Crippen LogP contribution in [0.15, 0.2) is 48.5 Å². The van der Waals surface area contributed by atoms with Gasteiger partial charge in [-0.25, -0.2) is 0 Å². The fraction of sp³-hybridized carbons (Fsp3) is 0.333. The molecule has 1 fully saturated rings. The first kappa shape index (κ1) is 21.9. The highest BCUT2D eigenvalue weighted by Gasteiger charge is 2.27. The Morgan fingerprint density at radius 2 is 1.87 bits per heavy atom. The van der Waals surface area contributed by atoms with E-state index in [9.17, 15) is 9.59 Å². The first-order chi connectivity index (χ1) is 14.5. The lowest BCUT2D eigenvalue weighted by Crippen LogP contribution is -2.39. The van der Waals surface area contributed by atoms with E-state index in [0.29, 0.717) is 49.1 Å². The Hall–Kier alpha value is -2.79. The second-order valence-electron chi connectivity index (χ2n) is 7.13. The molecule has 0 N–H and O–H groups in total. The lowest BCUT2D eigenvalue weighted by atomic mass is 9.89. The molecule has 30 heavy (non-hydrogen) atoms. The molecule has 2 aromatic rings. The van der Waals surface area contributed by atoms with Gasteiger partial charge in [0.05, 0.1) is 18.7 Å². The van der Waals surface area contributed by atoms with Gasteiger partial charge in [0, 0.05) is 30.6 Å². The summed E-state index contributed by atoms with van der Waals surface area (Å²) in [6.45, 7) is 3.49. The van der Waals surface area contributed by atoms with E-state index in [-0.39, 0.29) is 17.6 Å². The van der Waals surface area contributed by atoms with Crippen molar-refractivity contribution in [2.75, 3.05) is 26.8 Å². The number of hydrogen-bond donors (Lipinski definition) is 0. The highest BCUT2D eigenvalue weighted by Crippen LogP contribution is 2.36. The number of carbonyl (C=O) groups excluding carboxylic acids is 2. The van der Waals surface area contributed by atoms with Crippen LogP contribution in [0.5, 0.6) is 11.5 Å². The van der Waals surface area contributed by atoms with E-state index in [4.69, 9.17) is 21.1 Å². The number of amides is 1. The maximum absolute atomic E-state index is 12.6. The number of carbonyl (C=O) groups is 2. The molecule has 0 radical (unpaired) electrons. The largest absolute Gasteiger partial charge is 0.493 e. The highest BCUT2D eigenvalue weighted by atomic mass is 35.5. The molecule has 1 aliphatic heterocycles. The number of ether oxygens (including phenoxy) is 2. The fourth-order valence-electron chi connectivity index (χ4n) is 3.59. The van der Waals surface area contributed by atoms with Crippen molar-refractivity contribution in [2.45, 2.75) is 19.8 Å². The van der Waals surface area contributed by atoms with Gasteiger partial charge >= 0.3 is 0 Å². The number of piperidine rings is 1.